The number of hydrogen-bond donors (Lipinski definition) is 9. The van der Waals surface area contributed by atoms with E-state index in [4.69, 9.17) is 37.9 Å². The summed E-state index contributed by atoms with van der Waals surface area (Å²) in [4.78, 5) is 49.1. The van der Waals surface area contributed by atoms with E-state index in [1.807, 2.05) is 0 Å². The third-order valence-corrected chi connectivity index (χ3v) is 10.6. The first-order chi connectivity index (χ1) is 29.7. The lowest BCUT2D eigenvalue weighted by molar-refractivity contribution is -0.385. The van der Waals surface area contributed by atoms with Crippen LogP contribution in [0.4, 0.5) is 0 Å². The van der Waals surface area contributed by atoms with Gasteiger partial charge in [-0.15, -0.1) is 6.58 Å². The maximum Gasteiger partial charge on any atom is 0.218 e. The Bertz CT molecular complexity index is 1880. The van der Waals surface area contributed by atoms with Gasteiger partial charge in [0.05, 0.1) is 31.8 Å². The molecule has 0 aromatic heterocycles. The lowest BCUT2D eigenvalue weighted by Crippen LogP contribution is -2.71. The number of carbonyl (C=O) groups is 4. The van der Waals surface area contributed by atoms with Crippen LogP contribution in [0.1, 0.15) is 13.8 Å². The molecule has 0 aromatic rings. The number of carbonyl (C=O) groups excluding carboxylic acids is 4. The Morgan fingerprint density at radius 3 is 1.41 bits per heavy atom. The SMILES string of the molecule is C=CCOC1OC(CO)[C@H](OS(=O)(=O)[O-])[C@H](OC2OC(C(=O)[O-])[C@@H](O[C@@H]3OC(CO)[C@H](OS(=O)(=O)[O-])[C@H](OC4OC(C(=O)[O-])[C@@H](O)[C@H](O)[C@@H]4O)C3NC(C)=O)[C@H](O)[C@@H]2O)[C@@H]1NC(C)=O. The fourth-order valence-electron chi connectivity index (χ4n) is 7.04. The molecule has 64 heavy (non-hydrogen) atoms. The number of carboxylic acid groups (broad SMARTS) is 2. The maximum absolute atomic E-state index is 12.6. The molecule has 2 amide bonds. The first-order valence-corrected chi connectivity index (χ1v) is 21.1. The van der Waals surface area contributed by atoms with Gasteiger partial charge in [0, 0.05) is 13.8 Å². The lowest BCUT2D eigenvalue weighted by Gasteiger charge is -2.51. The van der Waals surface area contributed by atoms with Gasteiger partial charge in [-0.25, -0.2) is 16.8 Å². The van der Waals surface area contributed by atoms with Crippen molar-refractivity contribution in [3.63, 3.8) is 0 Å². The third-order valence-electron chi connectivity index (χ3n) is 9.68. The number of aliphatic hydroxyl groups excluding tert-OH is 7. The summed E-state index contributed by atoms with van der Waals surface area (Å²) in [6.45, 7) is 2.33. The van der Waals surface area contributed by atoms with E-state index in [2.05, 4.69) is 25.6 Å². The Labute approximate surface area is 361 Å². The van der Waals surface area contributed by atoms with Crippen LogP contribution in [0.2, 0.25) is 0 Å². The second-order valence-electron chi connectivity index (χ2n) is 14.2. The summed E-state index contributed by atoms with van der Waals surface area (Å²) in [7, 11) is -11.6. The summed E-state index contributed by atoms with van der Waals surface area (Å²) >= 11 is 0. The summed E-state index contributed by atoms with van der Waals surface area (Å²) < 4.78 is 124. The Morgan fingerprint density at radius 1 is 0.594 bits per heavy atom. The fraction of sp³-hybridized carbons (Fsp3) is 0.806. The van der Waals surface area contributed by atoms with Gasteiger partial charge in [-0.2, -0.15) is 0 Å². The van der Waals surface area contributed by atoms with Crippen molar-refractivity contribution < 1.29 is 137 Å². The number of nitrogens with one attached hydrogen (secondary N) is 2. The normalized spacial score (nSPS) is 40.8. The number of amides is 2. The van der Waals surface area contributed by atoms with Crippen molar-refractivity contribution >= 4 is 44.6 Å². The van der Waals surface area contributed by atoms with Gasteiger partial charge in [0.25, 0.3) is 0 Å². The first-order valence-electron chi connectivity index (χ1n) is 18.4. The second-order valence-corrected chi connectivity index (χ2v) is 16.2. The van der Waals surface area contributed by atoms with Crippen molar-refractivity contribution in [1.82, 2.24) is 10.6 Å². The molecule has 0 aliphatic carbocycles. The monoisotopic (exact) mass is 972 g/mol. The van der Waals surface area contributed by atoms with Crippen LogP contribution in [-0.2, 0) is 86.2 Å². The van der Waals surface area contributed by atoms with E-state index in [0.29, 0.717) is 0 Å². The number of rotatable bonds is 19. The minimum absolute atomic E-state index is 0.338. The standard InChI is InChI=1S/C31H48N2O29S2/c1-4-5-53-28-12(32-8(2)36)21(19(10(6-34)54-28)61-63(47,48)49)56-31-18(42)16(40)23(25(60-31)27(45)46)58-29-13(33-9(3)37)22(20(11(7-35)55-29)62-64(50,51)52)57-30-17(41)14(38)15(39)24(59-30)26(43)44/h4,10-25,28-31,34-35,38-42H,1,5-7H2,2-3H3,(H,32,36)(H,33,37)(H,43,44)(H,45,46)(H,47,48,49)(H,50,51,52)/p-4/t10?,11?,12-,13?,14-,15-,16+,17-,18-,19-,20-,21+,22+,23-,24?,25?,28?,29-,30?,31?/m0/s1. The van der Waals surface area contributed by atoms with E-state index in [1.54, 1.807) is 0 Å². The smallest absolute Gasteiger partial charge is 0.218 e. The van der Waals surface area contributed by atoms with E-state index in [1.165, 1.54) is 6.08 Å². The van der Waals surface area contributed by atoms with Gasteiger partial charge >= 0.3 is 0 Å². The average Bonchev–Trinajstić information content (AvgIpc) is 3.18. The molecule has 4 rings (SSSR count). The van der Waals surface area contributed by atoms with Crippen LogP contribution >= 0.6 is 0 Å². The summed E-state index contributed by atoms with van der Waals surface area (Å²) in [5.41, 5.74) is 0. The fourth-order valence-corrected chi connectivity index (χ4v) is 8.05. The molecule has 33 heteroatoms. The van der Waals surface area contributed by atoms with Crippen molar-refractivity contribution in [2.45, 2.75) is 137 Å². The van der Waals surface area contributed by atoms with Crippen LogP contribution in [0.15, 0.2) is 12.7 Å². The Kier molecular flexibility index (Phi) is 18.4. The molecule has 0 saturated carbocycles. The van der Waals surface area contributed by atoms with Crippen LogP contribution in [0.25, 0.3) is 0 Å². The molecule has 20 atom stereocenters. The van der Waals surface area contributed by atoms with E-state index in [9.17, 15) is 91.1 Å². The van der Waals surface area contributed by atoms with Gasteiger partial charge in [-0.1, -0.05) is 6.08 Å². The Hall–Kier alpha value is -3.24. The number of carboxylic acids is 2. The zero-order valence-electron chi connectivity index (χ0n) is 32.9. The summed E-state index contributed by atoms with van der Waals surface area (Å²) in [5.74, 6) is -6.49. The van der Waals surface area contributed by atoms with Crippen molar-refractivity contribution in [3.8, 4) is 0 Å². The van der Waals surface area contributed by atoms with E-state index >= 15 is 0 Å². The zero-order chi connectivity index (χ0) is 48.2. The highest BCUT2D eigenvalue weighted by molar-refractivity contribution is 7.81. The summed E-state index contributed by atoms with van der Waals surface area (Å²) in [6, 6.07) is -3.97. The number of ether oxygens (including phenoxy) is 8. The minimum atomic E-state index is -5.87. The van der Waals surface area contributed by atoms with Gasteiger partial charge in [0.1, 0.15) is 97.5 Å². The molecule has 4 saturated heterocycles. The highest BCUT2D eigenvalue weighted by atomic mass is 32.3. The molecule has 8 unspecified atom stereocenters. The molecule has 0 bridgehead atoms. The third kappa shape index (κ3) is 13.0. The number of hydrogen-bond acceptors (Lipinski definition) is 29. The molecule has 31 nitrogen and oxygen atoms in total. The largest absolute Gasteiger partial charge is 0.726 e. The van der Waals surface area contributed by atoms with Crippen molar-refractivity contribution in [2.75, 3.05) is 19.8 Å². The molecule has 9 N–H and O–H groups in total. The highest BCUT2D eigenvalue weighted by Gasteiger charge is 2.58. The maximum atomic E-state index is 12.6. The van der Waals surface area contributed by atoms with Gasteiger partial charge in [-0.05, 0) is 0 Å². The molecule has 0 aromatic carbocycles. The predicted molar refractivity (Wildman–Crippen MR) is 184 cm³/mol. The van der Waals surface area contributed by atoms with Crippen LogP contribution in [0.3, 0.4) is 0 Å². The first kappa shape index (κ1) is 53.4. The van der Waals surface area contributed by atoms with Crippen LogP contribution in [0.5, 0.6) is 0 Å². The van der Waals surface area contributed by atoms with Gasteiger partial charge in [0.2, 0.25) is 32.6 Å². The lowest BCUT2D eigenvalue weighted by atomic mass is 9.94. The van der Waals surface area contributed by atoms with E-state index < -0.39 is 180 Å². The van der Waals surface area contributed by atoms with E-state index in [0.717, 1.165) is 13.8 Å². The van der Waals surface area contributed by atoms with Crippen molar-refractivity contribution in [1.29, 1.82) is 0 Å². The van der Waals surface area contributed by atoms with Crippen molar-refractivity contribution in [3.05, 3.63) is 12.7 Å². The average molecular weight is 973 g/mol. The Balaban J connectivity index is 1.75. The molecule has 4 aliphatic heterocycles. The molecule has 368 valence electrons. The molecular formula is C31H44N2O29S2-4. The topological polar surface area (TPSA) is 487 Å². The van der Waals surface area contributed by atoms with Gasteiger partial charge in [-0.3, -0.25) is 18.0 Å². The quantitative estimate of drug-likeness (QED) is 0.0330. The molecular weight excluding hydrogens is 928 g/mol. The molecule has 4 fully saturated rings. The van der Waals surface area contributed by atoms with Crippen molar-refractivity contribution in [2.24, 2.45) is 0 Å². The molecule has 4 aliphatic rings. The zero-order valence-corrected chi connectivity index (χ0v) is 34.5. The predicted octanol–water partition coefficient (Wildman–Crippen LogP) is -11.8. The number of aliphatic hydroxyl groups is 7. The van der Waals surface area contributed by atoms with E-state index in [-0.39, 0.29) is 6.61 Å². The molecule has 4 heterocycles. The minimum Gasteiger partial charge on any atom is -0.726 e. The van der Waals surface area contributed by atoms with Crippen LogP contribution in [0, 0.1) is 0 Å². The molecule has 0 spiro atoms. The van der Waals surface area contributed by atoms with Gasteiger partial charge < -0.3 is 113 Å². The number of aliphatic carboxylic acids is 2. The highest BCUT2D eigenvalue weighted by Crippen LogP contribution is 2.36. The molecule has 0 radical (unpaired) electrons. The second kappa shape index (κ2) is 22.0. The van der Waals surface area contributed by atoms with Crippen LogP contribution in [-0.4, -0.2) is 228 Å². The summed E-state index contributed by atoms with van der Waals surface area (Å²) in [5, 5.41) is 103. The van der Waals surface area contributed by atoms with Crippen LogP contribution < -0.4 is 20.8 Å². The summed E-state index contributed by atoms with van der Waals surface area (Å²) in [6.07, 6.45) is -41.1. The Morgan fingerprint density at radius 2 is 1.00 bits per heavy atom. The van der Waals surface area contributed by atoms with Gasteiger partial charge in [0.15, 0.2) is 25.2 Å².